The minimum atomic E-state index is -2.28. The number of carbonyl (C=O) groups excluding carboxylic acids is 1. The van der Waals surface area contributed by atoms with Gasteiger partial charge in [-0.1, -0.05) is 0 Å². The van der Waals surface area contributed by atoms with Gasteiger partial charge in [-0.05, 0) is 76.2 Å². The van der Waals surface area contributed by atoms with Crippen LogP contribution >= 0.6 is 11.3 Å². The van der Waals surface area contributed by atoms with Crippen LogP contribution in [0.2, 0.25) is 0 Å². The first-order valence-corrected chi connectivity index (χ1v) is 11.2. The number of aromatic nitrogens is 1. The molecular weight excluding hydrogens is 408 g/mol. The Kier molecular flexibility index (Phi) is 7.41. The Morgan fingerprint density at radius 1 is 1.30 bits per heavy atom. The van der Waals surface area contributed by atoms with Crippen LogP contribution in [0.1, 0.15) is 50.5 Å². The van der Waals surface area contributed by atoms with E-state index in [1.54, 1.807) is 11.3 Å². The van der Waals surface area contributed by atoms with Gasteiger partial charge in [-0.3, -0.25) is 14.5 Å². The first-order valence-electron chi connectivity index (χ1n) is 10.3. The molecule has 0 aliphatic carbocycles. The van der Waals surface area contributed by atoms with Crippen LogP contribution < -0.4 is 10.9 Å². The van der Waals surface area contributed by atoms with Crippen molar-refractivity contribution in [3.8, 4) is 0 Å². The second kappa shape index (κ2) is 9.83. The van der Waals surface area contributed by atoms with E-state index in [1.807, 2.05) is 37.1 Å². The summed E-state index contributed by atoms with van der Waals surface area (Å²) >= 11 is 1.58. The second-order valence-corrected chi connectivity index (χ2v) is 9.13. The monoisotopic (exact) mass is 437 g/mol. The van der Waals surface area contributed by atoms with Gasteiger partial charge in [0.15, 0.2) is 0 Å². The van der Waals surface area contributed by atoms with Crippen LogP contribution in [0.25, 0.3) is 0 Å². The lowest BCUT2D eigenvalue weighted by Crippen LogP contribution is -2.37. The fourth-order valence-electron chi connectivity index (χ4n) is 4.08. The molecule has 1 amide bonds. The summed E-state index contributed by atoms with van der Waals surface area (Å²) < 4.78 is 25.1. The molecule has 3 rings (SSSR count). The molecule has 2 N–H and O–H groups in total. The number of rotatable bonds is 7. The van der Waals surface area contributed by atoms with Crippen molar-refractivity contribution in [2.75, 3.05) is 19.6 Å². The maximum Gasteiger partial charge on any atom is 0.253 e. The number of amides is 1. The van der Waals surface area contributed by atoms with E-state index in [0.29, 0.717) is 30.1 Å². The normalized spacial score (nSPS) is 15.7. The predicted molar refractivity (Wildman–Crippen MR) is 116 cm³/mol. The van der Waals surface area contributed by atoms with Crippen molar-refractivity contribution in [3.05, 3.63) is 54.6 Å². The molecule has 2 aromatic rings. The average molecular weight is 438 g/mol. The number of aromatic amines is 1. The van der Waals surface area contributed by atoms with Crippen LogP contribution in [0.15, 0.2) is 16.2 Å². The number of hydrogen-bond donors (Lipinski definition) is 2. The zero-order chi connectivity index (χ0) is 21.8. The first-order chi connectivity index (χ1) is 14.2. The summed E-state index contributed by atoms with van der Waals surface area (Å²) in [4.78, 5) is 30.6. The molecule has 0 aromatic carbocycles. The van der Waals surface area contributed by atoms with Gasteiger partial charge in [-0.2, -0.15) is 0 Å². The average Bonchev–Trinajstić information content (AvgIpc) is 3.02. The summed E-state index contributed by atoms with van der Waals surface area (Å²) in [5.74, 6) is 0.280. The Bertz CT molecular complexity index is 946. The summed E-state index contributed by atoms with van der Waals surface area (Å²) in [5, 5.41) is 4.74. The number of pyridine rings is 1. The smallest absolute Gasteiger partial charge is 0.253 e. The third-order valence-electron chi connectivity index (χ3n) is 5.88. The highest BCUT2D eigenvalue weighted by Crippen LogP contribution is 2.29. The van der Waals surface area contributed by atoms with E-state index in [-0.39, 0.29) is 24.6 Å². The molecule has 1 fully saturated rings. The third kappa shape index (κ3) is 5.55. The fraction of sp³-hybridized carbons (Fsp3) is 0.545. The topological polar surface area (TPSA) is 65.2 Å². The maximum absolute atomic E-state index is 12.7. The van der Waals surface area contributed by atoms with Gasteiger partial charge in [-0.25, -0.2) is 8.78 Å². The number of nitrogens with one attached hydrogen (secondary N) is 2. The largest absolute Gasteiger partial charge is 0.348 e. The summed E-state index contributed by atoms with van der Waals surface area (Å²) in [7, 11) is 0. The van der Waals surface area contributed by atoms with E-state index >= 15 is 0 Å². The van der Waals surface area contributed by atoms with E-state index in [0.717, 1.165) is 36.1 Å². The van der Waals surface area contributed by atoms with E-state index in [4.69, 9.17) is 0 Å². The number of hydrogen-bond acceptors (Lipinski definition) is 4. The van der Waals surface area contributed by atoms with E-state index in [2.05, 4.69) is 10.3 Å². The molecule has 0 spiro atoms. The van der Waals surface area contributed by atoms with Gasteiger partial charge >= 0.3 is 0 Å². The summed E-state index contributed by atoms with van der Waals surface area (Å²) in [6.07, 6.45) is 0.409. The second-order valence-electron chi connectivity index (χ2n) is 8.16. The minimum absolute atomic E-state index is 0.141. The number of halogens is 2. The maximum atomic E-state index is 12.7. The van der Waals surface area contributed by atoms with Gasteiger partial charge in [0, 0.05) is 28.1 Å². The van der Waals surface area contributed by atoms with Crippen LogP contribution in [0.3, 0.4) is 0 Å². The standard InChI is InChI=1S/C22H29F2N3O2S/c1-13-8-14(2)26-22(29)17(13)10-25-21(28)18-12-30-19(15(18)3)9-16-4-6-27(7-5-16)11-20(23)24/h8,12,16,20H,4-7,9-11H2,1-3H3,(H,25,28)(H,26,29). The van der Waals surface area contributed by atoms with Gasteiger partial charge in [0.1, 0.15) is 0 Å². The molecule has 0 radical (unpaired) electrons. The quantitative estimate of drug-likeness (QED) is 0.692. The Balaban J connectivity index is 1.57. The van der Waals surface area contributed by atoms with Crippen molar-refractivity contribution in [1.82, 2.24) is 15.2 Å². The van der Waals surface area contributed by atoms with Gasteiger partial charge < -0.3 is 10.3 Å². The van der Waals surface area contributed by atoms with E-state index in [1.165, 1.54) is 4.88 Å². The molecular formula is C22H29F2N3O2S. The highest BCUT2D eigenvalue weighted by atomic mass is 32.1. The van der Waals surface area contributed by atoms with Crippen LogP contribution in [0.5, 0.6) is 0 Å². The molecule has 1 aliphatic rings. The fourth-order valence-corrected chi connectivity index (χ4v) is 5.24. The zero-order valence-electron chi connectivity index (χ0n) is 17.7. The van der Waals surface area contributed by atoms with Gasteiger partial charge in [0.05, 0.1) is 12.1 Å². The van der Waals surface area contributed by atoms with Gasteiger partial charge in [0.25, 0.3) is 17.9 Å². The predicted octanol–water partition coefficient (Wildman–Crippen LogP) is 3.81. The Morgan fingerprint density at radius 3 is 2.63 bits per heavy atom. The van der Waals surface area contributed by atoms with Gasteiger partial charge in [0.2, 0.25) is 0 Å². The molecule has 1 aliphatic heterocycles. The third-order valence-corrected chi connectivity index (χ3v) is 6.99. The Morgan fingerprint density at radius 2 is 2.00 bits per heavy atom. The lowest BCUT2D eigenvalue weighted by molar-refractivity contribution is 0.0691. The van der Waals surface area contributed by atoms with Crippen LogP contribution in [-0.2, 0) is 13.0 Å². The van der Waals surface area contributed by atoms with Crippen LogP contribution in [0, 0.1) is 26.7 Å². The molecule has 3 heterocycles. The van der Waals surface area contributed by atoms with Crippen molar-refractivity contribution in [1.29, 1.82) is 0 Å². The number of carbonyl (C=O) groups is 1. The lowest BCUT2D eigenvalue weighted by Gasteiger charge is -2.31. The number of aryl methyl sites for hydroxylation is 2. The Labute approximate surface area is 179 Å². The van der Waals surface area contributed by atoms with E-state index in [9.17, 15) is 18.4 Å². The zero-order valence-corrected chi connectivity index (χ0v) is 18.5. The molecule has 8 heteroatoms. The number of thiophene rings is 1. The SMILES string of the molecule is Cc1cc(C)c(CNC(=O)c2csc(CC3CCN(CC(F)F)CC3)c2C)c(=O)[nH]1. The number of H-pyrrole nitrogens is 1. The van der Waals surface area contributed by atoms with Crippen molar-refractivity contribution in [2.45, 2.75) is 53.0 Å². The number of piperidine rings is 1. The molecule has 0 saturated carbocycles. The van der Waals surface area contributed by atoms with Crippen molar-refractivity contribution in [2.24, 2.45) is 5.92 Å². The number of likely N-dealkylation sites (tertiary alicyclic amines) is 1. The highest BCUT2D eigenvalue weighted by molar-refractivity contribution is 7.10. The summed E-state index contributed by atoms with van der Waals surface area (Å²) in [6, 6.07) is 1.89. The van der Waals surface area contributed by atoms with Crippen LogP contribution in [-0.4, -0.2) is 41.9 Å². The molecule has 0 atom stereocenters. The molecule has 0 unspecified atom stereocenters. The van der Waals surface area contributed by atoms with Crippen molar-refractivity contribution in [3.63, 3.8) is 0 Å². The molecule has 0 bridgehead atoms. The first kappa shape index (κ1) is 22.6. The van der Waals surface area contributed by atoms with E-state index < -0.39 is 6.43 Å². The van der Waals surface area contributed by atoms with Gasteiger partial charge in [-0.15, -0.1) is 11.3 Å². The number of nitrogens with zero attached hydrogens (tertiary/aromatic N) is 1. The molecule has 2 aromatic heterocycles. The molecule has 1 saturated heterocycles. The van der Waals surface area contributed by atoms with Crippen molar-refractivity contribution >= 4 is 17.2 Å². The summed E-state index contributed by atoms with van der Waals surface area (Å²) in [6.45, 7) is 7.11. The number of alkyl halides is 2. The highest BCUT2D eigenvalue weighted by Gasteiger charge is 2.23. The molecule has 5 nitrogen and oxygen atoms in total. The Hall–Kier alpha value is -2.06. The molecule has 164 valence electrons. The molecule has 30 heavy (non-hydrogen) atoms. The van der Waals surface area contributed by atoms with Crippen molar-refractivity contribution < 1.29 is 13.6 Å². The lowest BCUT2D eigenvalue weighted by atomic mass is 9.91. The van der Waals surface area contributed by atoms with Crippen LogP contribution in [0.4, 0.5) is 8.78 Å². The minimum Gasteiger partial charge on any atom is -0.348 e. The summed E-state index contributed by atoms with van der Waals surface area (Å²) in [5.41, 5.74) is 3.67.